The molecule has 0 spiro atoms. The summed E-state index contributed by atoms with van der Waals surface area (Å²) in [7, 11) is 0. The Kier molecular flexibility index (Phi) is 2.37. The molecule has 4 nitrogen and oxygen atoms in total. The lowest BCUT2D eigenvalue weighted by atomic mass is 10.3. The van der Waals surface area contributed by atoms with Crippen molar-refractivity contribution in [2.75, 3.05) is 19.7 Å². The summed E-state index contributed by atoms with van der Waals surface area (Å²) in [5, 5.41) is 11.2. The van der Waals surface area contributed by atoms with Crippen molar-refractivity contribution in [3.63, 3.8) is 0 Å². The number of nitrogens with zero attached hydrogens (tertiary/aromatic N) is 1. The summed E-state index contributed by atoms with van der Waals surface area (Å²) in [6, 6.07) is 0. The van der Waals surface area contributed by atoms with Gasteiger partial charge >= 0.3 is 0 Å². The van der Waals surface area contributed by atoms with Gasteiger partial charge in [0, 0.05) is 6.42 Å². The van der Waals surface area contributed by atoms with Gasteiger partial charge in [-0.1, -0.05) is 0 Å². The fourth-order valence-electron chi connectivity index (χ4n) is 1.01. The molecule has 1 unspecified atom stereocenters. The number of quaternary nitrogens is 1. The zero-order valence-electron chi connectivity index (χ0n) is 5.78. The van der Waals surface area contributed by atoms with E-state index in [9.17, 15) is 10.0 Å². The van der Waals surface area contributed by atoms with Crippen molar-refractivity contribution in [3.05, 3.63) is 5.21 Å². The SMILES string of the molecule is O=CC[N+]1([O-])CCCCO1. The maximum atomic E-state index is 11.2. The summed E-state index contributed by atoms with van der Waals surface area (Å²) >= 11 is 0. The minimum absolute atomic E-state index is 0.0694. The topological polar surface area (TPSA) is 49.4 Å². The van der Waals surface area contributed by atoms with Gasteiger partial charge in [0.15, 0.2) is 12.8 Å². The van der Waals surface area contributed by atoms with Gasteiger partial charge in [-0.15, -0.1) is 0 Å². The van der Waals surface area contributed by atoms with E-state index in [-0.39, 0.29) is 6.54 Å². The third-order valence-corrected chi connectivity index (χ3v) is 1.57. The molecule has 0 saturated carbocycles. The Morgan fingerprint density at radius 3 is 2.90 bits per heavy atom. The van der Waals surface area contributed by atoms with E-state index in [0.717, 1.165) is 12.8 Å². The average molecular weight is 145 g/mol. The molecular formula is C6H11NO3. The van der Waals surface area contributed by atoms with E-state index in [0.29, 0.717) is 19.4 Å². The highest BCUT2D eigenvalue weighted by atomic mass is 16.9. The molecule has 58 valence electrons. The first kappa shape index (κ1) is 7.65. The van der Waals surface area contributed by atoms with Crippen LogP contribution in [0.25, 0.3) is 0 Å². The van der Waals surface area contributed by atoms with Crippen LogP contribution >= 0.6 is 0 Å². The Bertz CT molecular complexity index is 120. The molecule has 1 saturated heterocycles. The minimum Gasteiger partial charge on any atom is -0.598 e. The van der Waals surface area contributed by atoms with E-state index >= 15 is 0 Å². The molecule has 0 aromatic heterocycles. The summed E-state index contributed by atoms with van der Waals surface area (Å²) in [6.45, 7) is 0.829. The Morgan fingerprint density at radius 1 is 1.60 bits per heavy atom. The Morgan fingerprint density at radius 2 is 2.40 bits per heavy atom. The molecule has 0 aliphatic carbocycles. The van der Waals surface area contributed by atoms with Crippen LogP contribution in [0.3, 0.4) is 0 Å². The van der Waals surface area contributed by atoms with E-state index in [1.807, 2.05) is 0 Å². The lowest BCUT2D eigenvalue weighted by Gasteiger charge is -2.39. The second-order valence-corrected chi connectivity index (χ2v) is 2.43. The molecule has 1 heterocycles. The van der Waals surface area contributed by atoms with E-state index in [1.54, 1.807) is 0 Å². The lowest BCUT2D eigenvalue weighted by Crippen LogP contribution is -2.47. The van der Waals surface area contributed by atoms with E-state index in [2.05, 4.69) is 0 Å². The molecule has 0 amide bonds. The molecule has 0 N–H and O–H groups in total. The molecule has 0 aromatic carbocycles. The smallest absolute Gasteiger partial charge is 0.177 e. The summed E-state index contributed by atoms with van der Waals surface area (Å²) in [5.74, 6) is 0. The van der Waals surface area contributed by atoms with Gasteiger partial charge in [0.1, 0.15) is 13.2 Å². The first-order valence-electron chi connectivity index (χ1n) is 3.43. The lowest BCUT2D eigenvalue weighted by molar-refractivity contribution is -1.07. The van der Waals surface area contributed by atoms with Crippen LogP contribution in [-0.4, -0.2) is 30.8 Å². The molecule has 0 bridgehead atoms. The largest absolute Gasteiger partial charge is 0.598 e. The summed E-state index contributed by atoms with van der Waals surface area (Å²) in [5.41, 5.74) is 0. The first-order valence-corrected chi connectivity index (χ1v) is 3.43. The zero-order chi connectivity index (χ0) is 7.45. The maximum Gasteiger partial charge on any atom is 0.177 e. The molecular weight excluding hydrogens is 134 g/mol. The van der Waals surface area contributed by atoms with Crippen molar-refractivity contribution < 1.29 is 14.4 Å². The molecule has 0 aromatic rings. The van der Waals surface area contributed by atoms with Crippen LogP contribution < -0.4 is 0 Å². The maximum absolute atomic E-state index is 11.2. The summed E-state index contributed by atoms with van der Waals surface area (Å²) in [6.07, 6.45) is 2.40. The predicted molar refractivity (Wildman–Crippen MR) is 34.6 cm³/mol. The predicted octanol–water partition coefficient (Wildman–Crippen LogP) is 0.225. The zero-order valence-corrected chi connectivity index (χ0v) is 5.78. The van der Waals surface area contributed by atoms with Crippen molar-refractivity contribution in [3.8, 4) is 0 Å². The second kappa shape index (κ2) is 3.09. The normalized spacial score (nSPS) is 33.7. The van der Waals surface area contributed by atoms with Gasteiger partial charge < -0.3 is 5.21 Å². The average Bonchev–Trinajstić information content (AvgIpc) is 1.89. The van der Waals surface area contributed by atoms with E-state index in [1.165, 1.54) is 0 Å². The Balaban J connectivity index is 2.39. The molecule has 10 heavy (non-hydrogen) atoms. The molecule has 4 heteroatoms. The first-order chi connectivity index (χ1) is 4.77. The highest BCUT2D eigenvalue weighted by molar-refractivity contribution is 5.50. The van der Waals surface area contributed by atoms with Crippen LogP contribution in [0.15, 0.2) is 0 Å². The molecule has 0 radical (unpaired) electrons. The quantitative estimate of drug-likeness (QED) is 0.317. The standard InChI is InChI=1S/C6H11NO3/c8-5-4-7(9)3-1-2-6-10-7/h5H,1-4,6H2. The highest BCUT2D eigenvalue weighted by Crippen LogP contribution is 2.13. The van der Waals surface area contributed by atoms with Gasteiger partial charge in [-0.2, -0.15) is 0 Å². The van der Waals surface area contributed by atoms with Gasteiger partial charge in [-0.05, 0) is 6.42 Å². The number of hydrogen-bond donors (Lipinski definition) is 0. The van der Waals surface area contributed by atoms with Crippen LogP contribution in [0.2, 0.25) is 0 Å². The molecule has 1 aliphatic heterocycles. The second-order valence-electron chi connectivity index (χ2n) is 2.43. The van der Waals surface area contributed by atoms with Gasteiger partial charge in [-0.25, -0.2) is 9.65 Å². The Labute approximate surface area is 59.5 Å². The fourth-order valence-corrected chi connectivity index (χ4v) is 1.01. The van der Waals surface area contributed by atoms with E-state index in [4.69, 9.17) is 4.84 Å². The van der Waals surface area contributed by atoms with Gasteiger partial charge in [0.2, 0.25) is 0 Å². The highest BCUT2D eigenvalue weighted by Gasteiger charge is 2.21. The van der Waals surface area contributed by atoms with Crippen LogP contribution in [0.1, 0.15) is 12.8 Å². The minimum atomic E-state index is -0.774. The summed E-state index contributed by atoms with van der Waals surface area (Å²) in [4.78, 5) is 14.1. The van der Waals surface area contributed by atoms with Gasteiger partial charge in [0.25, 0.3) is 0 Å². The van der Waals surface area contributed by atoms with Crippen LogP contribution in [0.5, 0.6) is 0 Å². The summed E-state index contributed by atoms with van der Waals surface area (Å²) < 4.78 is 0. The van der Waals surface area contributed by atoms with Crippen LogP contribution in [0.4, 0.5) is 0 Å². The number of carbonyl (C=O) groups is 1. The van der Waals surface area contributed by atoms with Crippen molar-refractivity contribution in [2.45, 2.75) is 12.8 Å². The number of aldehydes is 1. The third kappa shape index (κ3) is 1.76. The molecule has 1 aliphatic rings. The van der Waals surface area contributed by atoms with Crippen LogP contribution in [0, 0.1) is 5.21 Å². The van der Waals surface area contributed by atoms with E-state index < -0.39 is 4.81 Å². The number of hydrogen-bond acceptors (Lipinski definition) is 3. The Hall–Kier alpha value is -0.450. The molecule has 1 rings (SSSR count). The van der Waals surface area contributed by atoms with Gasteiger partial charge in [-0.3, -0.25) is 4.79 Å². The van der Waals surface area contributed by atoms with Crippen molar-refractivity contribution >= 4 is 6.29 Å². The number of carbonyl (C=O) groups excluding carboxylic acids is 1. The number of hydroxylamine groups is 4. The fraction of sp³-hybridized carbons (Fsp3) is 0.833. The van der Waals surface area contributed by atoms with Crippen molar-refractivity contribution in [1.82, 2.24) is 0 Å². The van der Waals surface area contributed by atoms with Crippen molar-refractivity contribution in [2.24, 2.45) is 0 Å². The van der Waals surface area contributed by atoms with Gasteiger partial charge in [0.05, 0.1) is 0 Å². The third-order valence-electron chi connectivity index (χ3n) is 1.57. The molecule has 1 fully saturated rings. The van der Waals surface area contributed by atoms with Crippen molar-refractivity contribution in [1.29, 1.82) is 0 Å². The molecule has 1 atom stereocenters. The van der Waals surface area contributed by atoms with Crippen LogP contribution in [-0.2, 0) is 9.63 Å². The number of rotatable bonds is 2. The monoisotopic (exact) mass is 145 g/mol.